The molecule has 0 unspecified atom stereocenters. The van der Waals surface area contributed by atoms with Gasteiger partial charge in [0, 0.05) is 13.1 Å². The van der Waals surface area contributed by atoms with Crippen molar-refractivity contribution in [3.8, 4) is 0 Å². The summed E-state index contributed by atoms with van der Waals surface area (Å²) < 4.78 is 31.6. The van der Waals surface area contributed by atoms with Crippen LogP contribution in [-0.2, 0) is 11.2 Å². The molecule has 1 aromatic carbocycles. The van der Waals surface area contributed by atoms with E-state index in [0.717, 1.165) is 51.3 Å². The second kappa shape index (κ2) is 6.25. The number of morpholine rings is 1. The number of benzene rings is 1. The van der Waals surface area contributed by atoms with Gasteiger partial charge in [-0.3, -0.25) is 4.90 Å². The molecule has 1 heterocycles. The van der Waals surface area contributed by atoms with Crippen molar-refractivity contribution >= 4 is 0 Å². The topological polar surface area (TPSA) is 12.5 Å². The minimum atomic E-state index is -0.739. The molecule has 0 radical (unpaired) electrons. The fourth-order valence-corrected chi connectivity index (χ4v) is 2.27. The molecule has 1 aliphatic heterocycles. The molecule has 1 aromatic rings. The van der Waals surface area contributed by atoms with Crippen LogP contribution in [0.5, 0.6) is 0 Å². The van der Waals surface area contributed by atoms with Gasteiger partial charge in [-0.2, -0.15) is 0 Å². The molecular weight excluding hydrogens is 236 g/mol. The Morgan fingerprint density at radius 2 is 1.94 bits per heavy atom. The van der Waals surface area contributed by atoms with Crippen molar-refractivity contribution in [2.45, 2.75) is 19.8 Å². The molecule has 0 bridgehead atoms. The first-order valence-corrected chi connectivity index (χ1v) is 6.41. The largest absolute Gasteiger partial charge is 0.379 e. The second-order valence-electron chi connectivity index (χ2n) is 4.77. The molecule has 0 amide bonds. The first-order chi connectivity index (χ1) is 8.66. The molecular formula is C14H19F2NO. The SMILES string of the molecule is Cc1cc(CCCN2CCOCC2)cc(F)c1F. The lowest BCUT2D eigenvalue weighted by atomic mass is 10.1. The highest BCUT2D eigenvalue weighted by Gasteiger charge is 2.11. The summed E-state index contributed by atoms with van der Waals surface area (Å²) >= 11 is 0. The molecule has 1 aliphatic rings. The maximum Gasteiger partial charge on any atom is 0.161 e. The van der Waals surface area contributed by atoms with Gasteiger partial charge in [-0.05, 0) is 43.5 Å². The third kappa shape index (κ3) is 3.50. The fraction of sp³-hybridized carbons (Fsp3) is 0.571. The normalized spacial score (nSPS) is 17.1. The van der Waals surface area contributed by atoms with Crippen LogP contribution in [0.2, 0.25) is 0 Å². The quantitative estimate of drug-likeness (QED) is 0.819. The standard InChI is InChI=1S/C14H19F2NO/c1-11-9-12(10-13(15)14(11)16)3-2-4-17-5-7-18-8-6-17/h9-10H,2-8H2,1H3. The third-order valence-corrected chi connectivity index (χ3v) is 3.31. The lowest BCUT2D eigenvalue weighted by Gasteiger charge is -2.26. The average Bonchev–Trinajstić information content (AvgIpc) is 2.37. The van der Waals surface area contributed by atoms with Gasteiger partial charge in [0.2, 0.25) is 0 Å². The molecule has 4 heteroatoms. The van der Waals surface area contributed by atoms with Crippen LogP contribution >= 0.6 is 0 Å². The van der Waals surface area contributed by atoms with Crippen molar-refractivity contribution < 1.29 is 13.5 Å². The number of hydrogen-bond donors (Lipinski definition) is 0. The van der Waals surface area contributed by atoms with E-state index in [-0.39, 0.29) is 0 Å². The van der Waals surface area contributed by atoms with Gasteiger partial charge in [0.15, 0.2) is 11.6 Å². The Morgan fingerprint density at radius 3 is 2.61 bits per heavy atom. The number of nitrogens with zero attached hydrogens (tertiary/aromatic N) is 1. The molecule has 1 saturated heterocycles. The molecule has 0 atom stereocenters. The number of aryl methyl sites for hydroxylation is 2. The smallest absolute Gasteiger partial charge is 0.161 e. The zero-order valence-electron chi connectivity index (χ0n) is 10.7. The van der Waals surface area contributed by atoms with Gasteiger partial charge in [0.25, 0.3) is 0 Å². The predicted molar refractivity (Wildman–Crippen MR) is 66.7 cm³/mol. The molecule has 2 nitrogen and oxygen atoms in total. The number of rotatable bonds is 4. The first kappa shape index (κ1) is 13.4. The summed E-state index contributed by atoms with van der Waals surface area (Å²) in [6.07, 6.45) is 1.75. The molecule has 0 spiro atoms. The van der Waals surface area contributed by atoms with Crippen molar-refractivity contribution in [1.29, 1.82) is 0 Å². The van der Waals surface area contributed by atoms with Crippen molar-refractivity contribution in [2.24, 2.45) is 0 Å². The summed E-state index contributed by atoms with van der Waals surface area (Å²) in [5, 5.41) is 0. The van der Waals surface area contributed by atoms with Crippen molar-refractivity contribution in [1.82, 2.24) is 4.90 Å². The molecule has 0 aromatic heterocycles. The van der Waals surface area contributed by atoms with Crippen molar-refractivity contribution in [2.75, 3.05) is 32.8 Å². The van der Waals surface area contributed by atoms with Crippen LogP contribution in [0.4, 0.5) is 8.78 Å². The summed E-state index contributed by atoms with van der Waals surface area (Å²) in [5.41, 5.74) is 1.26. The maximum absolute atomic E-state index is 13.2. The summed E-state index contributed by atoms with van der Waals surface area (Å²) in [6, 6.07) is 3.04. The number of ether oxygens (including phenoxy) is 1. The minimum absolute atomic E-state index is 0.386. The first-order valence-electron chi connectivity index (χ1n) is 6.41. The van der Waals surface area contributed by atoms with Crippen molar-refractivity contribution in [3.05, 3.63) is 34.9 Å². The van der Waals surface area contributed by atoms with Crippen LogP contribution < -0.4 is 0 Å². The van der Waals surface area contributed by atoms with Gasteiger partial charge < -0.3 is 4.74 Å². The van der Waals surface area contributed by atoms with E-state index in [1.54, 1.807) is 13.0 Å². The van der Waals surface area contributed by atoms with E-state index in [1.807, 2.05) is 0 Å². The Hall–Kier alpha value is -1.00. The van der Waals surface area contributed by atoms with E-state index < -0.39 is 11.6 Å². The Morgan fingerprint density at radius 1 is 1.22 bits per heavy atom. The Labute approximate surface area is 107 Å². The van der Waals surface area contributed by atoms with Gasteiger partial charge in [-0.1, -0.05) is 6.07 Å². The van der Waals surface area contributed by atoms with Crippen LogP contribution in [0.15, 0.2) is 12.1 Å². The van der Waals surface area contributed by atoms with E-state index in [1.165, 1.54) is 6.07 Å². The molecule has 2 rings (SSSR count). The minimum Gasteiger partial charge on any atom is -0.379 e. The molecule has 18 heavy (non-hydrogen) atoms. The van der Waals surface area contributed by atoms with Crippen LogP contribution in [0.1, 0.15) is 17.5 Å². The Kier molecular flexibility index (Phi) is 4.66. The molecule has 0 aliphatic carbocycles. The highest BCUT2D eigenvalue weighted by atomic mass is 19.2. The fourth-order valence-electron chi connectivity index (χ4n) is 2.27. The molecule has 1 fully saturated rings. The molecule has 100 valence electrons. The Balaban J connectivity index is 1.82. The maximum atomic E-state index is 13.2. The second-order valence-corrected chi connectivity index (χ2v) is 4.77. The van der Waals surface area contributed by atoms with Crippen LogP contribution in [0.3, 0.4) is 0 Å². The highest BCUT2D eigenvalue weighted by molar-refractivity contribution is 5.25. The lowest BCUT2D eigenvalue weighted by molar-refractivity contribution is 0.0374. The van der Waals surface area contributed by atoms with E-state index in [4.69, 9.17) is 4.74 Å². The van der Waals surface area contributed by atoms with E-state index in [2.05, 4.69) is 4.90 Å². The molecule has 0 N–H and O–H groups in total. The summed E-state index contributed by atoms with van der Waals surface area (Å²) in [7, 11) is 0. The van der Waals surface area contributed by atoms with Gasteiger partial charge in [-0.15, -0.1) is 0 Å². The number of hydrogen-bond acceptors (Lipinski definition) is 2. The van der Waals surface area contributed by atoms with Gasteiger partial charge in [0.05, 0.1) is 13.2 Å². The lowest BCUT2D eigenvalue weighted by Crippen LogP contribution is -2.36. The summed E-state index contributed by atoms with van der Waals surface area (Å²) in [4.78, 5) is 2.34. The average molecular weight is 255 g/mol. The van der Waals surface area contributed by atoms with E-state index in [9.17, 15) is 8.78 Å². The zero-order valence-corrected chi connectivity index (χ0v) is 10.7. The Bertz CT molecular complexity index is 380. The van der Waals surface area contributed by atoms with Crippen LogP contribution in [0, 0.1) is 18.6 Å². The van der Waals surface area contributed by atoms with Crippen molar-refractivity contribution in [3.63, 3.8) is 0 Å². The predicted octanol–water partition coefficient (Wildman–Crippen LogP) is 2.54. The summed E-state index contributed by atoms with van der Waals surface area (Å²) in [6.45, 7) is 6.12. The van der Waals surface area contributed by atoms with Gasteiger partial charge in [-0.25, -0.2) is 8.78 Å². The van der Waals surface area contributed by atoms with Crippen LogP contribution in [0.25, 0.3) is 0 Å². The van der Waals surface area contributed by atoms with Gasteiger partial charge in [0.1, 0.15) is 0 Å². The highest BCUT2D eigenvalue weighted by Crippen LogP contribution is 2.15. The zero-order chi connectivity index (χ0) is 13.0. The third-order valence-electron chi connectivity index (χ3n) is 3.31. The van der Waals surface area contributed by atoms with Crippen LogP contribution in [-0.4, -0.2) is 37.7 Å². The molecule has 0 saturated carbocycles. The summed E-state index contributed by atoms with van der Waals surface area (Å²) in [5.74, 6) is -1.47. The van der Waals surface area contributed by atoms with Gasteiger partial charge >= 0.3 is 0 Å². The number of halogens is 2. The van der Waals surface area contributed by atoms with E-state index >= 15 is 0 Å². The monoisotopic (exact) mass is 255 g/mol. The van der Waals surface area contributed by atoms with E-state index in [0.29, 0.717) is 5.56 Å².